The molecule has 3 heterocycles. The zero-order valence-corrected chi connectivity index (χ0v) is 17.3. The van der Waals surface area contributed by atoms with E-state index in [4.69, 9.17) is 20.8 Å². The van der Waals surface area contributed by atoms with Crippen LogP contribution in [0, 0.1) is 6.92 Å². The van der Waals surface area contributed by atoms with E-state index in [1.165, 1.54) is 22.7 Å². The van der Waals surface area contributed by atoms with E-state index in [0.29, 0.717) is 21.5 Å². The second-order valence-corrected chi connectivity index (χ2v) is 8.29. The number of carbonyl (C=O) groups is 1. The molecule has 4 aromatic rings. The molecule has 0 saturated carbocycles. The third-order valence-corrected chi connectivity index (χ3v) is 6.17. The van der Waals surface area contributed by atoms with Gasteiger partial charge in [-0.2, -0.15) is 0 Å². The molecule has 1 atom stereocenters. The molecule has 0 N–H and O–H groups in total. The first kappa shape index (κ1) is 18.8. The molecule has 6 nitrogen and oxygen atoms in total. The predicted octanol–water partition coefficient (Wildman–Crippen LogP) is 5.80. The Kier molecular flexibility index (Phi) is 5.25. The van der Waals surface area contributed by atoms with E-state index in [2.05, 4.69) is 15.2 Å². The van der Waals surface area contributed by atoms with Crippen LogP contribution in [0.25, 0.3) is 21.3 Å². The van der Waals surface area contributed by atoms with Crippen LogP contribution in [-0.4, -0.2) is 21.2 Å². The van der Waals surface area contributed by atoms with E-state index in [1.807, 2.05) is 29.6 Å². The first-order valence-corrected chi connectivity index (χ1v) is 10.4. The fraction of sp³-hybridized carbons (Fsp3) is 0.158. The molecule has 0 fully saturated rings. The summed E-state index contributed by atoms with van der Waals surface area (Å²) in [4.78, 5) is 18.4. The molecule has 0 bridgehead atoms. The fourth-order valence-electron chi connectivity index (χ4n) is 2.46. The SMILES string of the molecule is Cc1nc(-c2ccc(Cl)cc2)sc1C(=O)OC(C)c1nnc(-c2cccs2)o1. The molecule has 3 aromatic heterocycles. The van der Waals surface area contributed by atoms with E-state index >= 15 is 0 Å². The highest BCUT2D eigenvalue weighted by Crippen LogP contribution is 2.31. The number of hydrogen-bond acceptors (Lipinski definition) is 8. The van der Waals surface area contributed by atoms with Crippen molar-refractivity contribution in [1.82, 2.24) is 15.2 Å². The highest BCUT2D eigenvalue weighted by atomic mass is 35.5. The van der Waals surface area contributed by atoms with Crippen molar-refractivity contribution >= 4 is 40.2 Å². The van der Waals surface area contributed by atoms with E-state index in [9.17, 15) is 4.79 Å². The van der Waals surface area contributed by atoms with Crippen molar-refractivity contribution in [2.75, 3.05) is 0 Å². The second kappa shape index (κ2) is 7.83. The van der Waals surface area contributed by atoms with Crippen LogP contribution in [0.1, 0.15) is 34.3 Å². The molecule has 0 spiro atoms. The van der Waals surface area contributed by atoms with Gasteiger partial charge in [0, 0.05) is 10.6 Å². The summed E-state index contributed by atoms with van der Waals surface area (Å²) in [5.74, 6) is 0.183. The lowest BCUT2D eigenvalue weighted by Crippen LogP contribution is -2.09. The predicted molar refractivity (Wildman–Crippen MR) is 109 cm³/mol. The van der Waals surface area contributed by atoms with Gasteiger partial charge in [-0.15, -0.1) is 32.9 Å². The number of halogens is 1. The molecule has 1 aromatic carbocycles. The maximum atomic E-state index is 12.6. The van der Waals surface area contributed by atoms with Crippen molar-refractivity contribution in [2.45, 2.75) is 20.0 Å². The molecule has 0 aliphatic heterocycles. The monoisotopic (exact) mass is 431 g/mol. The van der Waals surface area contributed by atoms with Gasteiger partial charge in [0.2, 0.25) is 0 Å². The highest BCUT2D eigenvalue weighted by Gasteiger charge is 2.23. The van der Waals surface area contributed by atoms with Crippen molar-refractivity contribution in [3.05, 3.63) is 63.3 Å². The van der Waals surface area contributed by atoms with Crippen LogP contribution in [0.2, 0.25) is 5.02 Å². The summed E-state index contributed by atoms with van der Waals surface area (Å²) < 4.78 is 11.1. The lowest BCUT2D eigenvalue weighted by atomic mass is 10.2. The number of benzene rings is 1. The maximum Gasteiger partial charge on any atom is 0.351 e. The van der Waals surface area contributed by atoms with Crippen LogP contribution in [0.5, 0.6) is 0 Å². The normalized spacial score (nSPS) is 12.1. The lowest BCUT2D eigenvalue weighted by Gasteiger charge is -2.08. The van der Waals surface area contributed by atoms with E-state index in [-0.39, 0.29) is 5.89 Å². The van der Waals surface area contributed by atoms with Crippen molar-refractivity contribution in [3.63, 3.8) is 0 Å². The van der Waals surface area contributed by atoms with Gasteiger partial charge in [0.05, 0.1) is 10.6 Å². The van der Waals surface area contributed by atoms with Crippen LogP contribution in [0.15, 0.2) is 46.2 Å². The van der Waals surface area contributed by atoms with Crippen LogP contribution in [0.4, 0.5) is 0 Å². The number of esters is 1. The first-order chi connectivity index (χ1) is 13.5. The molecular formula is C19H14ClN3O3S2. The molecular weight excluding hydrogens is 418 g/mol. The topological polar surface area (TPSA) is 78.1 Å². The smallest absolute Gasteiger partial charge is 0.351 e. The average Bonchev–Trinajstić information content (AvgIpc) is 3.42. The van der Waals surface area contributed by atoms with Crippen molar-refractivity contribution in [1.29, 1.82) is 0 Å². The largest absolute Gasteiger partial charge is 0.448 e. The standard InChI is InChI=1S/C19H14ClN3O3S2/c1-10-15(28-18(21-10)12-5-7-13(20)8-6-12)19(24)25-11(2)16-22-23-17(26-16)14-4-3-9-27-14/h3-9,11H,1-2H3. The van der Waals surface area contributed by atoms with E-state index < -0.39 is 12.1 Å². The Morgan fingerprint density at radius 2 is 2.00 bits per heavy atom. The minimum atomic E-state index is -0.672. The summed E-state index contributed by atoms with van der Waals surface area (Å²) in [6.07, 6.45) is -0.672. The number of ether oxygens (including phenoxy) is 1. The maximum absolute atomic E-state index is 12.6. The van der Waals surface area contributed by atoms with Gasteiger partial charge >= 0.3 is 5.97 Å². The van der Waals surface area contributed by atoms with E-state index in [1.54, 1.807) is 26.0 Å². The third kappa shape index (κ3) is 3.84. The van der Waals surface area contributed by atoms with Gasteiger partial charge in [-0.1, -0.05) is 29.8 Å². The summed E-state index contributed by atoms with van der Waals surface area (Å²) in [5.41, 5.74) is 1.50. The summed E-state index contributed by atoms with van der Waals surface area (Å²) in [7, 11) is 0. The number of carbonyl (C=O) groups excluding carboxylic acids is 1. The Morgan fingerprint density at radius 1 is 1.21 bits per heavy atom. The minimum absolute atomic E-state index is 0.247. The number of aromatic nitrogens is 3. The fourth-order valence-corrected chi connectivity index (χ4v) is 4.19. The second-order valence-electron chi connectivity index (χ2n) is 5.91. The van der Waals surface area contributed by atoms with Gasteiger partial charge in [-0.05, 0) is 37.4 Å². The summed E-state index contributed by atoms with van der Waals surface area (Å²) in [6.45, 7) is 3.47. The van der Waals surface area contributed by atoms with Gasteiger partial charge in [0.15, 0.2) is 6.10 Å². The zero-order chi connectivity index (χ0) is 19.7. The van der Waals surface area contributed by atoms with Crippen LogP contribution >= 0.6 is 34.3 Å². The van der Waals surface area contributed by atoms with Crippen LogP contribution in [0.3, 0.4) is 0 Å². The molecule has 0 radical (unpaired) electrons. The number of rotatable bonds is 5. The molecule has 142 valence electrons. The molecule has 28 heavy (non-hydrogen) atoms. The first-order valence-electron chi connectivity index (χ1n) is 8.33. The lowest BCUT2D eigenvalue weighted by molar-refractivity contribution is 0.0284. The Bertz CT molecular complexity index is 1100. The Labute approximate surface area is 173 Å². The molecule has 4 rings (SSSR count). The molecule has 0 aliphatic rings. The summed E-state index contributed by atoms with van der Waals surface area (Å²) in [5, 5.41) is 11.3. The van der Waals surface area contributed by atoms with Gasteiger partial charge in [0.1, 0.15) is 9.88 Å². The average molecular weight is 432 g/mol. The molecule has 1 unspecified atom stereocenters. The molecule has 9 heteroatoms. The minimum Gasteiger partial charge on any atom is -0.448 e. The van der Waals surface area contributed by atoms with Gasteiger partial charge in [-0.25, -0.2) is 9.78 Å². The van der Waals surface area contributed by atoms with Gasteiger partial charge in [-0.3, -0.25) is 0 Å². The van der Waals surface area contributed by atoms with E-state index in [0.717, 1.165) is 15.4 Å². The summed E-state index contributed by atoms with van der Waals surface area (Å²) >= 11 is 8.70. The number of thiazole rings is 1. The molecule has 0 amide bonds. The highest BCUT2D eigenvalue weighted by molar-refractivity contribution is 7.17. The van der Waals surface area contributed by atoms with Crippen LogP contribution in [-0.2, 0) is 4.74 Å². The van der Waals surface area contributed by atoms with Crippen molar-refractivity contribution in [3.8, 4) is 21.3 Å². The van der Waals surface area contributed by atoms with Crippen molar-refractivity contribution < 1.29 is 13.9 Å². The third-order valence-electron chi connectivity index (χ3n) is 3.88. The number of aryl methyl sites for hydroxylation is 1. The Balaban J connectivity index is 1.50. The number of thiophene rings is 1. The molecule has 0 aliphatic carbocycles. The Hall–Kier alpha value is -2.55. The Morgan fingerprint density at radius 3 is 2.71 bits per heavy atom. The van der Waals surface area contributed by atoms with Crippen molar-refractivity contribution in [2.24, 2.45) is 0 Å². The number of nitrogens with zero attached hydrogens (tertiary/aromatic N) is 3. The van der Waals surface area contributed by atoms with Crippen LogP contribution < -0.4 is 0 Å². The van der Waals surface area contributed by atoms with Gasteiger partial charge < -0.3 is 9.15 Å². The quantitative estimate of drug-likeness (QED) is 0.371. The zero-order valence-electron chi connectivity index (χ0n) is 14.9. The molecule has 0 saturated heterocycles. The summed E-state index contributed by atoms with van der Waals surface area (Å²) in [6, 6.07) is 11.1. The number of hydrogen-bond donors (Lipinski definition) is 0. The van der Waals surface area contributed by atoms with Gasteiger partial charge in [0.25, 0.3) is 11.8 Å².